The highest BCUT2D eigenvalue weighted by Crippen LogP contribution is 2.26. The van der Waals surface area contributed by atoms with Crippen LogP contribution in [0, 0.1) is 0 Å². The quantitative estimate of drug-likeness (QED) is 0.597. The summed E-state index contributed by atoms with van der Waals surface area (Å²) < 4.78 is 0. The van der Waals surface area contributed by atoms with E-state index in [2.05, 4.69) is 84.7 Å². The van der Waals surface area contributed by atoms with E-state index in [-0.39, 0.29) is 5.41 Å². The fourth-order valence-corrected chi connectivity index (χ4v) is 2.83. The molecule has 0 aliphatic carbocycles. The van der Waals surface area contributed by atoms with Gasteiger partial charge in [0.1, 0.15) is 0 Å². The molecule has 0 aromatic heterocycles. The highest BCUT2D eigenvalue weighted by atomic mass is 79.9. The minimum absolute atomic E-state index is 0.218. The van der Waals surface area contributed by atoms with Crippen molar-refractivity contribution in [2.45, 2.75) is 62.5 Å². The van der Waals surface area contributed by atoms with Gasteiger partial charge in [0.2, 0.25) is 0 Å². The molecule has 0 fully saturated rings. The Labute approximate surface area is 129 Å². The summed E-state index contributed by atoms with van der Waals surface area (Å²) in [5, 5.41) is 0. The average molecular weight is 376 g/mol. The Kier molecular flexibility index (Phi) is 5.92. The fourth-order valence-electron chi connectivity index (χ4n) is 2.08. The van der Waals surface area contributed by atoms with Gasteiger partial charge in [-0.2, -0.15) is 0 Å². The second-order valence-corrected chi connectivity index (χ2v) is 9.38. The SMILES string of the molecule is CC(Br)Cc1cc(CC(C)Br)cc(C(C)(C)C)c1. The molecule has 0 aliphatic heterocycles. The molecule has 2 atom stereocenters. The Hall–Kier alpha value is 0.180. The third kappa shape index (κ3) is 5.44. The van der Waals surface area contributed by atoms with Crippen molar-refractivity contribution in [1.29, 1.82) is 0 Å². The second kappa shape index (κ2) is 6.56. The van der Waals surface area contributed by atoms with Crippen LogP contribution in [-0.2, 0) is 18.3 Å². The maximum absolute atomic E-state index is 3.65. The first-order valence-electron chi connectivity index (χ1n) is 6.60. The first-order valence-corrected chi connectivity index (χ1v) is 8.43. The summed E-state index contributed by atoms with van der Waals surface area (Å²) in [6, 6.07) is 7.07. The number of halogens is 2. The second-order valence-electron chi connectivity index (χ2n) is 6.26. The first kappa shape index (κ1) is 16.2. The third-order valence-electron chi connectivity index (χ3n) is 2.95. The predicted octanol–water partition coefficient (Wildman–Crippen LogP) is 5.64. The van der Waals surface area contributed by atoms with Crippen LogP contribution in [0.4, 0.5) is 0 Å². The Morgan fingerprint density at radius 1 is 0.889 bits per heavy atom. The molecule has 0 bridgehead atoms. The van der Waals surface area contributed by atoms with Gasteiger partial charge >= 0.3 is 0 Å². The number of rotatable bonds is 4. The van der Waals surface area contributed by atoms with E-state index < -0.39 is 0 Å². The van der Waals surface area contributed by atoms with Gasteiger partial charge in [0.25, 0.3) is 0 Å². The predicted molar refractivity (Wildman–Crippen MR) is 89.3 cm³/mol. The molecule has 0 saturated carbocycles. The molecule has 0 nitrogen and oxygen atoms in total. The molecule has 0 heterocycles. The lowest BCUT2D eigenvalue weighted by Gasteiger charge is -2.22. The Bertz CT molecular complexity index is 358. The zero-order valence-corrected chi connectivity index (χ0v) is 15.2. The standard InChI is InChI=1S/C16H24Br2/c1-11(17)6-13-8-14(7-12(2)18)10-15(9-13)16(3,4)5/h8-12H,6-7H2,1-5H3. The highest BCUT2D eigenvalue weighted by molar-refractivity contribution is 9.09. The van der Waals surface area contributed by atoms with Gasteiger partial charge in [0, 0.05) is 9.65 Å². The molecule has 1 aromatic carbocycles. The molecule has 0 amide bonds. The average Bonchev–Trinajstić information content (AvgIpc) is 2.13. The van der Waals surface area contributed by atoms with Crippen LogP contribution in [0.1, 0.15) is 51.3 Å². The largest absolute Gasteiger partial charge is 0.0890 e. The third-order valence-corrected chi connectivity index (χ3v) is 3.60. The monoisotopic (exact) mass is 374 g/mol. The fraction of sp³-hybridized carbons (Fsp3) is 0.625. The van der Waals surface area contributed by atoms with Crippen molar-refractivity contribution in [2.24, 2.45) is 0 Å². The van der Waals surface area contributed by atoms with Crippen molar-refractivity contribution in [3.63, 3.8) is 0 Å². The summed E-state index contributed by atoms with van der Waals surface area (Å²) in [6.45, 7) is 11.3. The van der Waals surface area contributed by atoms with Crippen molar-refractivity contribution < 1.29 is 0 Å². The Balaban J connectivity index is 3.11. The summed E-state index contributed by atoms with van der Waals surface area (Å²) in [4.78, 5) is 1.06. The van der Waals surface area contributed by atoms with Gasteiger partial charge in [0.05, 0.1) is 0 Å². The first-order chi connectivity index (χ1) is 8.18. The lowest BCUT2D eigenvalue weighted by Crippen LogP contribution is -2.13. The maximum atomic E-state index is 3.65. The molecular weight excluding hydrogens is 352 g/mol. The number of hydrogen-bond donors (Lipinski definition) is 0. The van der Waals surface area contributed by atoms with Crippen LogP contribution in [0.15, 0.2) is 18.2 Å². The van der Waals surface area contributed by atoms with Gasteiger partial charge < -0.3 is 0 Å². The molecule has 0 radical (unpaired) electrons. The summed E-state index contributed by atoms with van der Waals surface area (Å²) in [7, 11) is 0. The van der Waals surface area contributed by atoms with E-state index >= 15 is 0 Å². The van der Waals surface area contributed by atoms with E-state index in [9.17, 15) is 0 Å². The smallest absolute Gasteiger partial charge is 0.0157 e. The van der Waals surface area contributed by atoms with Gasteiger partial charge in [-0.3, -0.25) is 0 Å². The summed E-state index contributed by atoms with van der Waals surface area (Å²) in [5.74, 6) is 0. The van der Waals surface area contributed by atoms with Gasteiger partial charge in [-0.25, -0.2) is 0 Å². The van der Waals surface area contributed by atoms with Gasteiger partial charge in [0.15, 0.2) is 0 Å². The van der Waals surface area contributed by atoms with Crippen molar-refractivity contribution >= 4 is 31.9 Å². The van der Waals surface area contributed by atoms with Crippen molar-refractivity contribution in [1.82, 2.24) is 0 Å². The molecule has 102 valence electrons. The zero-order valence-electron chi connectivity index (χ0n) is 12.1. The van der Waals surface area contributed by atoms with Crippen molar-refractivity contribution in [3.8, 4) is 0 Å². The highest BCUT2D eigenvalue weighted by Gasteiger charge is 2.16. The molecule has 1 rings (SSSR count). The Morgan fingerprint density at radius 3 is 1.56 bits per heavy atom. The van der Waals surface area contributed by atoms with Crippen LogP contribution in [0.25, 0.3) is 0 Å². The minimum atomic E-state index is 0.218. The van der Waals surface area contributed by atoms with Crippen LogP contribution < -0.4 is 0 Å². The number of alkyl halides is 2. The number of benzene rings is 1. The van der Waals surface area contributed by atoms with Crippen LogP contribution in [0.2, 0.25) is 0 Å². The lowest BCUT2D eigenvalue weighted by molar-refractivity contribution is 0.588. The molecule has 0 saturated heterocycles. The number of hydrogen-bond acceptors (Lipinski definition) is 0. The van der Waals surface area contributed by atoms with Gasteiger partial charge in [-0.1, -0.05) is 84.7 Å². The normalized spacial score (nSPS) is 15.5. The van der Waals surface area contributed by atoms with E-state index in [0.717, 1.165) is 12.8 Å². The van der Waals surface area contributed by atoms with Crippen molar-refractivity contribution in [2.75, 3.05) is 0 Å². The Morgan fingerprint density at radius 2 is 1.28 bits per heavy atom. The van der Waals surface area contributed by atoms with Crippen LogP contribution >= 0.6 is 31.9 Å². The van der Waals surface area contributed by atoms with Crippen LogP contribution in [0.3, 0.4) is 0 Å². The topological polar surface area (TPSA) is 0 Å². The molecule has 0 N–H and O–H groups in total. The summed E-state index contributed by atoms with van der Waals surface area (Å²) >= 11 is 7.30. The maximum Gasteiger partial charge on any atom is 0.0157 e. The molecule has 2 heteroatoms. The van der Waals surface area contributed by atoms with E-state index in [1.807, 2.05) is 0 Å². The molecule has 0 aliphatic rings. The van der Waals surface area contributed by atoms with E-state index in [0.29, 0.717) is 9.65 Å². The molecular formula is C16H24Br2. The summed E-state index contributed by atoms with van der Waals surface area (Å²) in [5.41, 5.74) is 4.54. The molecule has 1 aromatic rings. The minimum Gasteiger partial charge on any atom is -0.0890 e. The van der Waals surface area contributed by atoms with E-state index in [1.54, 1.807) is 0 Å². The van der Waals surface area contributed by atoms with E-state index in [1.165, 1.54) is 16.7 Å². The van der Waals surface area contributed by atoms with Crippen LogP contribution in [0.5, 0.6) is 0 Å². The molecule has 0 spiro atoms. The summed E-state index contributed by atoms with van der Waals surface area (Å²) in [6.07, 6.45) is 2.18. The van der Waals surface area contributed by atoms with Gasteiger partial charge in [-0.15, -0.1) is 0 Å². The zero-order chi connectivity index (χ0) is 13.9. The molecule has 18 heavy (non-hydrogen) atoms. The van der Waals surface area contributed by atoms with Crippen molar-refractivity contribution in [3.05, 3.63) is 34.9 Å². The van der Waals surface area contributed by atoms with E-state index in [4.69, 9.17) is 0 Å². The lowest BCUT2D eigenvalue weighted by atomic mass is 9.84. The van der Waals surface area contributed by atoms with Gasteiger partial charge in [-0.05, 0) is 34.9 Å². The van der Waals surface area contributed by atoms with Crippen LogP contribution in [-0.4, -0.2) is 9.65 Å². The molecule has 2 unspecified atom stereocenters.